The number of nitrogens with two attached hydrogens (primary N) is 1. The van der Waals surface area contributed by atoms with Gasteiger partial charge in [0.2, 0.25) is 5.91 Å². The van der Waals surface area contributed by atoms with Crippen LogP contribution in [0.15, 0.2) is 18.3 Å². The molecule has 1 fully saturated rings. The van der Waals surface area contributed by atoms with Crippen LogP contribution in [0, 0.1) is 11.8 Å². The zero-order valence-corrected chi connectivity index (χ0v) is 12.3. The van der Waals surface area contributed by atoms with E-state index in [-0.39, 0.29) is 11.8 Å². The fraction of sp³-hybridized carbons (Fsp3) is 0.625. The molecule has 0 bridgehead atoms. The van der Waals surface area contributed by atoms with Gasteiger partial charge in [-0.15, -0.1) is 0 Å². The maximum absolute atomic E-state index is 12.3. The lowest BCUT2D eigenvalue weighted by Crippen LogP contribution is -2.39. The highest BCUT2D eigenvalue weighted by atomic mass is 16.1. The van der Waals surface area contributed by atoms with Crippen LogP contribution in [0.4, 0.5) is 0 Å². The number of nitrogens with one attached hydrogen (secondary N) is 1. The van der Waals surface area contributed by atoms with Crippen molar-refractivity contribution in [1.82, 2.24) is 10.3 Å². The first-order valence-corrected chi connectivity index (χ1v) is 7.66. The summed E-state index contributed by atoms with van der Waals surface area (Å²) in [5, 5.41) is 3.05. The van der Waals surface area contributed by atoms with Crippen LogP contribution in [0.3, 0.4) is 0 Å². The summed E-state index contributed by atoms with van der Waals surface area (Å²) in [6.45, 7) is 3.24. The molecule has 0 aromatic carbocycles. The molecule has 20 heavy (non-hydrogen) atoms. The Balaban J connectivity index is 1.94. The quantitative estimate of drug-likeness (QED) is 0.864. The van der Waals surface area contributed by atoms with Crippen molar-refractivity contribution in [1.29, 1.82) is 0 Å². The summed E-state index contributed by atoms with van der Waals surface area (Å²) < 4.78 is 0. The predicted octanol–water partition coefficient (Wildman–Crippen LogP) is 2.03. The van der Waals surface area contributed by atoms with Gasteiger partial charge < -0.3 is 11.1 Å². The van der Waals surface area contributed by atoms with Crippen molar-refractivity contribution < 1.29 is 4.79 Å². The third-order valence-electron chi connectivity index (χ3n) is 4.34. The van der Waals surface area contributed by atoms with Gasteiger partial charge in [0.1, 0.15) is 0 Å². The lowest BCUT2D eigenvalue weighted by molar-refractivity contribution is -0.127. The standard InChI is InChI=1S/C16H25N3O/c1-2-12-7-5-9-18-15(12)11-19-16(20)14-8-4-3-6-13(14)10-17/h5,7,9,13-14H,2-4,6,8,10-11,17H2,1H3,(H,19,20). The Morgan fingerprint density at radius 2 is 2.25 bits per heavy atom. The third kappa shape index (κ3) is 3.57. The Labute approximate surface area is 121 Å². The maximum atomic E-state index is 12.3. The Morgan fingerprint density at radius 1 is 1.45 bits per heavy atom. The zero-order chi connectivity index (χ0) is 14.4. The van der Waals surface area contributed by atoms with Gasteiger partial charge in [0.05, 0.1) is 12.2 Å². The highest BCUT2D eigenvalue weighted by molar-refractivity contribution is 5.79. The van der Waals surface area contributed by atoms with Crippen LogP contribution < -0.4 is 11.1 Å². The van der Waals surface area contributed by atoms with E-state index >= 15 is 0 Å². The summed E-state index contributed by atoms with van der Waals surface area (Å²) in [4.78, 5) is 16.7. The van der Waals surface area contributed by atoms with Crippen molar-refractivity contribution in [2.75, 3.05) is 6.54 Å². The molecule has 2 unspecified atom stereocenters. The van der Waals surface area contributed by atoms with E-state index in [9.17, 15) is 4.79 Å². The van der Waals surface area contributed by atoms with E-state index in [0.717, 1.165) is 31.4 Å². The van der Waals surface area contributed by atoms with Crippen LogP contribution in [0.5, 0.6) is 0 Å². The smallest absolute Gasteiger partial charge is 0.223 e. The molecule has 1 aliphatic carbocycles. The van der Waals surface area contributed by atoms with E-state index in [1.54, 1.807) is 6.20 Å². The molecule has 1 saturated carbocycles. The Morgan fingerprint density at radius 3 is 3.00 bits per heavy atom. The number of amides is 1. The zero-order valence-electron chi connectivity index (χ0n) is 12.3. The van der Waals surface area contributed by atoms with Crippen molar-refractivity contribution in [3.8, 4) is 0 Å². The van der Waals surface area contributed by atoms with Crippen LogP contribution in [0.2, 0.25) is 0 Å². The fourth-order valence-electron chi connectivity index (χ4n) is 3.09. The molecule has 3 N–H and O–H groups in total. The fourth-order valence-corrected chi connectivity index (χ4v) is 3.09. The number of pyridine rings is 1. The largest absolute Gasteiger partial charge is 0.350 e. The van der Waals surface area contributed by atoms with E-state index in [1.165, 1.54) is 12.0 Å². The number of carbonyl (C=O) groups is 1. The molecule has 1 aromatic rings. The lowest BCUT2D eigenvalue weighted by Gasteiger charge is -2.29. The summed E-state index contributed by atoms with van der Waals surface area (Å²) in [5.41, 5.74) is 7.97. The average Bonchev–Trinajstić information content (AvgIpc) is 2.52. The van der Waals surface area contributed by atoms with E-state index in [0.29, 0.717) is 19.0 Å². The number of aryl methyl sites for hydroxylation is 1. The minimum atomic E-state index is 0.0857. The normalized spacial score (nSPS) is 22.5. The minimum absolute atomic E-state index is 0.0857. The topological polar surface area (TPSA) is 68.0 Å². The molecule has 4 heteroatoms. The van der Waals surface area contributed by atoms with E-state index < -0.39 is 0 Å². The molecule has 110 valence electrons. The number of hydrogen-bond acceptors (Lipinski definition) is 3. The molecular weight excluding hydrogens is 250 g/mol. The van der Waals surface area contributed by atoms with Gasteiger partial charge in [-0.1, -0.05) is 25.8 Å². The van der Waals surface area contributed by atoms with Crippen LogP contribution in [0.1, 0.15) is 43.9 Å². The summed E-state index contributed by atoms with van der Waals surface area (Å²) in [7, 11) is 0. The number of aromatic nitrogens is 1. The summed E-state index contributed by atoms with van der Waals surface area (Å²) in [6, 6.07) is 4.01. The summed E-state index contributed by atoms with van der Waals surface area (Å²) >= 11 is 0. The molecule has 1 aromatic heterocycles. The van der Waals surface area contributed by atoms with Crippen LogP contribution in [-0.4, -0.2) is 17.4 Å². The number of nitrogens with zero attached hydrogens (tertiary/aromatic N) is 1. The molecule has 1 amide bonds. The minimum Gasteiger partial charge on any atom is -0.350 e. The third-order valence-corrected chi connectivity index (χ3v) is 4.34. The molecule has 0 aliphatic heterocycles. The number of hydrogen-bond donors (Lipinski definition) is 2. The van der Waals surface area contributed by atoms with E-state index in [2.05, 4.69) is 23.3 Å². The molecule has 1 aliphatic rings. The summed E-state index contributed by atoms with van der Waals surface area (Å²) in [5.74, 6) is 0.577. The Bertz CT molecular complexity index is 447. The molecule has 4 nitrogen and oxygen atoms in total. The van der Waals surface area contributed by atoms with E-state index in [4.69, 9.17) is 5.73 Å². The summed E-state index contributed by atoms with van der Waals surface area (Å²) in [6.07, 6.45) is 7.11. The van der Waals surface area contributed by atoms with Crippen molar-refractivity contribution in [3.63, 3.8) is 0 Å². The second-order valence-electron chi connectivity index (χ2n) is 5.57. The first kappa shape index (κ1) is 15.0. The average molecular weight is 275 g/mol. The van der Waals surface area contributed by atoms with Crippen molar-refractivity contribution in [2.24, 2.45) is 17.6 Å². The Kier molecular flexibility index (Phi) is 5.53. The first-order valence-electron chi connectivity index (χ1n) is 7.66. The van der Waals surface area contributed by atoms with Gasteiger partial charge in [-0.3, -0.25) is 9.78 Å². The lowest BCUT2D eigenvalue weighted by atomic mass is 9.79. The number of carbonyl (C=O) groups excluding carboxylic acids is 1. The molecule has 1 heterocycles. The van der Waals surface area contributed by atoms with Gasteiger partial charge in [0.15, 0.2) is 0 Å². The van der Waals surface area contributed by atoms with Crippen LogP contribution in [0.25, 0.3) is 0 Å². The predicted molar refractivity (Wildman–Crippen MR) is 80.0 cm³/mol. The van der Waals surface area contributed by atoms with Crippen LogP contribution in [-0.2, 0) is 17.8 Å². The molecular formula is C16H25N3O. The van der Waals surface area contributed by atoms with Crippen molar-refractivity contribution in [2.45, 2.75) is 45.6 Å². The molecule has 0 spiro atoms. The molecule has 0 saturated heterocycles. The first-order chi connectivity index (χ1) is 9.76. The highest BCUT2D eigenvalue weighted by Gasteiger charge is 2.29. The number of rotatable bonds is 5. The highest BCUT2D eigenvalue weighted by Crippen LogP contribution is 2.29. The van der Waals surface area contributed by atoms with Gasteiger partial charge in [-0.2, -0.15) is 0 Å². The maximum Gasteiger partial charge on any atom is 0.223 e. The second kappa shape index (κ2) is 7.39. The molecule has 2 atom stereocenters. The molecule has 0 radical (unpaired) electrons. The Hall–Kier alpha value is -1.42. The second-order valence-corrected chi connectivity index (χ2v) is 5.57. The van der Waals surface area contributed by atoms with Crippen molar-refractivity contribution >= 4 is 5.91 Å². The van der Waals surface area contributed by atoms with Gasteiger partial charge in [-0.25, -0.2) is 0 Å². The molecule has 2 rings (SSSR count). The van der Waals surface area contributed by atoms with Gasteiger partial charge in [0.25, 0.3) is 0 Å². The van der Waals surface area contributed by atoms with Crippen molar-refractivity contribution in [3.05, 3.63) is 29.6 Å². The van der Waals surface area contributed by atoms with Gasteiger partial charge in [-0.05, 0) is 43.4 Å². The van der Waals surface area contributed by atoms with Crippen LogP contribution >= 0.6 is 0 Å². The van der Waals surface area contributed by atoms with Gasteiger partial charge >= 0.3 is 0 Å². The monoisotopic (exact) mass is 275 g/mol. The SMILES string of the molecule is CCc1cccnc1CNC(=O)C1CCCCC1CN. The van der Waals surface area contributed by atoms with Gasteiger partial charge in [0, 0.05) is 12.1 Å². The van der Waals surface area contributed by atoms with E-state index in [1.807, 2.05) is 6.07 Å².